The first-order valence-electron chi connectivity index (χ1n) is 5.59. The first-order chi connectivity index (χ1) is 8.70. The van der Waals surface area contributed by atoms with Crippen LogP contribution in [0, 0.1) is 0 Å². The minimum absolute atomic E-state index is 0.157. The van der Waals surface area contributed by atoms with E-state index in [-0.39, 0.29) is 5.91 Å². The highest BCUT2D eigenvalue weighted by Gasteiger charge is 2.08. The van der Waals surface area contributed by atoms with Gasteiger partial charge < -0.3 is 11.1 Å². The molecule has 0 atom stereocenters. The second kappa shape index (κ2) is 5.19. The van der Waals surface area contributed by atoms with E-state index in [4.69, 9.17) is 5.73 Å². The summed E-state index contributed by atoms with van der Waals surface area (Å²) in [6.45, 7) is 3.70. The second-order valence-electron chi connectivity index (χ2n) is 3.87. The summed E-state index contributed by atoms with van der Waals surface area (Å²) in [5.74, 6) is -0.157. The van der Waals surface area contributed by atoms with Crippen LogP contribution in [-0.4, -0.2) is 5.91 Å². The Morgan fingerprint density at radius 2 is 1.78 bits per heavy atom. The molecule has 2 rings (SSSR count). The molecule has 0 spiro atoms. The van der Waals surface area contributed by atoms with Gasteiger partial charge in [0.25, 0.3) is 5.91 Å². The van der Waals surface area contributed by atoms with Gasteiger partial charge in [0.2, 0.25) is 0 Å². The fourth-order valence-corrected chi connectivity index (χ4v) is 1.65. The van der Waals surface area contributed by atoms with Crippen LogP contribution >= 0.6 is 0 Å². The third-order valence-corrected chi connectivity index (χ3v) is 2.59. The van der Waals surface area contributed by atoms with Crippen LogP contribution in [0.1, 0.15) is 15.9 Å². The molecule has 2 aromatic rings. The van der Waals surface area contributed by atoms with E-state index in [2.05, 4.69) is 11.9 Å². The van der Waals surface area contributed by atoms with Crippen molar-refractivity contribution in [3.63, 3.8) is 0 Å². The van der Waals surface area contributed by atoms with Gasteiger partial charge in [-0.15, -0.1) is 0 Å². The van der Waals surface area contributed by atoms with E-state index in [0.29, 0.717) is 16.9 Å². The maximum absolute atomic E-state index is 12.1. The van der Waals surface area contributed by atoms with E-state index in [0.717, 1.165) is 5.56 Å². The Balaban J connectivity index is 2.22. The van der Waals surface area contributed by atoms with Crippen molar-refractivity contribution in [3.05, 3.63) is 66.2 Å². The minimum atomic E-state index is -0.157. The van der Waals surface area contributed by atoms with Gasteiger partial charge in [0, 0.05) is 16.9 Å². The smallest absolute Gasteiger partial charge is 0.256 e. The highest BCUT2D eigenvalue weighted by Crippen LogP contribution is 2.15. The highest BCUT2D eigenvalue weighted by molar-refractivity contribution is 6.06. The predicted octanol–water partition coefficient (Wildman–Crippen LogP) is 3.16. The summed E-state index contributed by atoms with van der Waals surface area (Å²) in [6.07, 6.45) is 1.66. The summed E-state index contributed by atoms with van der Waals surface area (Å²) in [4.78, 5) is 12.1. The zero-order valence-electron chi connectivity index (χ0n) is 9.89. The largest absolute Gasteiger partial charge is 0.399 e. The average molecular weight is 238 g/mol. The van der Waals surface area contributed by atoms with Crippen LogP contribution < -0.4 is 11.1 Å². The van der Waals surface area contributed by atoms with Crippen LogP contribution in [0.2, 0.25) is 0 Å². The Kier molecular flexibility index (Phi) is 3.44. The lowest BCUT2D eigenvalue weighted by atomic mass is 10.1. The molecule has 0 heterocycles. The summed E-state index contributed by atoms with van der Waals surface area (Å²) in [7, 11) is 0. The SMILES string of the molecule is C=Cc1ccccc1C(=O)Nc1ccc(N)cc1. The van der Waals surface area contributed by atoms with Crippen molar-refractivity contribution in [2.24, 2.45) is 0 Å². The third kappa shape index (κ3) is 2.58. The molecule has 0 radical (unpaired) electrons. The van der Waals surface area contributed by atoms with Crippen LogP contribution in [-0.2, 0) is 0 Å². The molecule has 0 aliphatic heterocycles. The van der Waals surface area contributed by atoms with Crippen LogP contribution in [0.3, 0.4) is 0 Å². The number of amides is 1. The zero-order valence-corrected chi connectivity index (χ0v) is 9.89. The van der Waals surface area contributed by atoms with Crippen molar-refractivity contribution in [2.45, 2.75) is 0 Å². The second-order valence-corrected chi connectivity index (χ2v) is 3.87. The van der Waals surface area contributed by atoms with E-state index in [1.54, 1.807) is 36.4 Å². The molecule has 3 N–H and O–H groups in total. The molecule has 0 saturated heterocycles. The molecule has 0 aliphatic carbocycles. The molecule has 3 heteroatoms. The van der Waals surface area contributed by atoms with Gasteiger partial charge in [-0.2, -0.15) is 0 Å². The number of nitrogens with one attached hydrogen (secondary N) is 1. The number of nitrogens with two attached hydrogens (primary N) is 1. The van der Waals surface area contributed by atoms with Gasteiger partial charge in [-0.1, -0.05) is 30.9 Å². The fraction of sp³-hybridized carbons (Fsp3) is 0. The highest BCUT2D eigenvalue weighted by atomic mass is 16.1. The molecule has 0 fully saturated rings. The van der Waals surface area contributed by atoms with Gasteiger partial charge in [0.05, 0.1) is 0 Å². The number of benzene rings is 2. The minimum Gasteiger partial charge on any atom is -0.399 e. The Labute approximate surface area is 106 Å². The van der Waals surface area contributed by atoms with Crippen molar-refractivity contribution in [3.8, 4) is 0 Å². The van der Waals surface area contributed by atoms with Gasteiger partial charge in [0.15, 0.2) is 0 Å². The standard InChI is InChI=1S/C15H14N2O/c1-2-11-5-3-4-6-14(11)15(18)17-13-9-7-12(16)8-10-13/h2-10H,1,16H2,(H,17,18). The molecule has 0 aliphatic rings. The lowest BCUT2D eigenvalue weighted by Crippen LogP contribution is -2.13. The lowest BCUT2D eigenvalue weighted by molar-refractivity contribution is 0.102. The van der Waals surface area contributed by atoms with Gasteiger partial charge in [0.1, 0.15) is 0 Å². The van der Waals surface area contributed by atoms with Gasteiger partial charge >= 0.3 is 0 Å². The first kappa shape index (κ1) is 11.9. The first-order valence-corrected chi connectivity index (χ1v) is 5.59. The monoisotopic (exact) mass is 238 g/mol. The van der Waals surface area contributed by atoms with Crippen LogP contribution in [0.5, 0.6) is 0 Å². The van der Waals surface area contributed by atoms with Crippen molar-refractivity contribution >= 4 is 23.4 Å². The van der Waals surface area contributed by atoms with Gasteiger partial charge in [-0.3, -0.25) is 4.79 Å². The lowest BCUT2D eigenvalue weighted by Gasteiger charge is -2.07. The molecule has 2 aromatic carbocycles. The fourth-order valence-electron chi connectivity index (χ4n) is 1.65. The summed E-state index contributed by atoms with van der Waals surface area (Å²) in [5.41, 5.74) is 8.38. The number of hydrogen-bond donors (Lipinski definition) is 2. The zero-order chi connectivity index (χ0) is 13.0. The topological polar surface area (TPSA) is 55.1 Å². The van der Waals surface area contributed by atoms with Gasteiger partial charge in [-0.05, 0) is 35.9 Å². The molecule has 0 unspecified atom stereocenters. The Bertz CT molecular complexity index is 573. The molecule has 18 heavy (non-hydrogen) atoms. The van der Waals surface area contributed by atoms with Crippen LogP contribution in [0.15, 0.2) is 55.1 Å². The Morgan fingerprint density at radius 1 is 1.11 bits per heavy atom. The van der Waals surface area contributed by atoms with Crippen molar-refractivity contribution in [2.75, 3.05) is 11.1 Å². The van der Waals surface area contributed by atoms with Crippen molar-refractivity contribution < 1.29 is 4.79 Å². The van der Waals surface area contributed by atoms with E-state index < -0.39 is 0 Å². The van der Waals surface area contributed by atoms with E-state index in [1.165, 1.54) is 0 Å². The van der Waals surface area contributed by atoms with Crippen molar-refractivity contribution in [1.29, 1.82) is 0 Å². The quantitative estimate of drug-likeness (QED) is 0.807. The van der Waals surface area contributed by atoms with E-state index in [1.807, 2.05) is 18.2 Å². The van der Waals surface area contributed by atoms with E-state index in [9.17, 15) is 4.79 Å². The van der Waals surface area contributed by atoms with Crippen LogP contribution in [0.25, 0.3) is 6.08 Å². The molecule has 0 bridgehead atoms. The Morgan fingerprint density at radius 3 is 2.44 bits per heavy atom. The molecular formula is C15H14N2O. The molecule has 0 saturated carbocycles. The molecular weight excluding hydrogens is 224 g/mol. The third-order valence-electron chi connectivity index (χ3n) is 2.59. The molecule has 3 nitrogen and oxygen atoms in total. The number of rotatable bonds is 3. The molecule has 0 aromatic heterocycles. The van der Waals surface area contributed by atoms with E-state index >= 15 is 0 Å². The predicted molar refractivity (Wildman–Crippen MR) is 75.3 cm³/mol. The summed E-state index contributed by atoms with van der Waals surface area (Å²) in [6, 6.07) is 14.3. The average Bonchev–Trinajstić information content (AvgIpc) is 2.41. The molecule has 90 valence electrons. The maximum Gasteiger partial charge on any atom is 0.256 e. The summed E-state index contributed by atoms with van der Waals surface area (Å²) in [5, 5.41) is 2.82. The number of nitrogen functional groups attached to an aromatic ring is 1. The normalized spacial score (nSPS) is 9.78. The van der Waals surface area contributed by atoms with Crippen LogP contribution in [0.4, 0.5) is 11.4 Å². The van der Waals surface area contributed by atoms with Crippen molar-refractivity contribution in [1.82, 2.24) is 0 Å². The number of anilines is 2. The summed E-state index contributed by atoms with van der Waals surface area (Å²) >= 11 is 0. The van der Waals surface area contributed by atoms with Gasteiger partial charge in [-0.25, -0.2) is 0 Å². The number of carbonyl (C=O) groups excluding carboxylic acids is 1. The Hall–Kier alpha value is -2.55. The number of hydrogen-bond acceptors (Lipinski definition) is 2. The number of carbonyl (C=O) groups is 1. The maximum atomic E-state index is 12.1. The summed E-state index contributed by atoms with van der Waals surface area (Å²) < 4.78 is 0. The molecule has 1 amide bonds.